The summed E-state index contributed by atoms with van der Waals surface area (Å²) in [5.41, 5.74) is 6.38. The first kappa shape index (κ1) is 13.0. The summed E-state index contributed by atoms with van der Waals surface area (Å²) in [7, 11) is 0. The zero-order chi connectivity index (χ0) is 11.5. The first-order valence-electron chi connectivity index (χ1n) is 6.55. The zero-order valence-electron chi connectivity index (χ0n) is 10.9. The van der Waals surface area contributed by atoms with Crippen LogP contribution in [0.2, 0.25) is 0 Å². The second kappa shape index (κ2) is 5.31. The van der Waals surface area contributed by atoms with Crippen molar-refractivity contribution in [3.05, 3.63) is 0 Å². The van der Waals surface area contributed by atoms with Crippen molar-refractivity contribution in [1.29, 1.82) is 0 Å². The van der Waals surface area contributed by atoms with Gasteiger partial charge in [-0.25, -0.2) is 0 Å². The van der Waals surface area contributed by atoms with E-state index in [4.69, 9.17) is 5.73 Å². The van der Waals surface area contributed by atoms with Gasteiger partial charge in [0.1, 0.15) is 0 Å². The van der Waals surface area contributed by atoms with Crippen molar-refractivity contribution in [2.45, 2.75) is 52.5 Å². The number of hydrogen-bond acceptors (Lipinski definition) is 2. The van der Waals surface area contributed by atoms with Crippen molar-refractivity contribution in [3.8, 4) is 0 Å². The fraction of sp³-hybridized carbons (Fsp3) is 1.00. The number of nitrogens with zero attached hydrogens (tertiary/aromatic N) is 1. The largest absolute Gasteiger partial charge is 0.329 e. The summed E-state index contributed by atoms with van der Waals surface area (Å²) >= 11 is 0. The lowest BCUT2D eigenvalue weighted by atomic mass is 9.68. The Bertz CT molecular complexity index is 189. The topological polar surface area (TPSA) is 29.3 Å². The molecule has 0 aromatic heterocycles. The molecule has 2 nitrogen and oxygen atoms in total. The molecule has 0 aromatic carbocycles. The number of nitrogens with two attached hydrogens (primary N) is 1. The first-order valence-corrected chi connectivity index (χ1v) is 6.55. The Labute approximate surface area is 95.2 Å². The van der Waals surface area contributed by atoms with Crippen molar-refractivity contribution in [2.24, 2.45) is 17.6 Å². The molecule has 0 amide bonds. The van der Waals surface area contributed by atoms with Crippen molar-refractivity contribution in [3.63, 3.8) is 0 Å². The lowest BCUT2D eigenvalue weighted by Crippen LogP contribution is -2.60. The molecule has 1 saturated carbocycles. The molecule has 0 bridgehead atoms. The highest BCUT2D eigenvalue weighted by Crippen LogP contribution is 2.40. The van der Waals surface area contributed by atoms with E-state index in [2.05, 4.69) is 32.6 Å². The van der Waals surface area contributed by atoms with Crippen LogP contribution < -0.4 is 5.73 Å². The highest BCUT2D eigenvalue weighted by Gasteiger charge is 2.42. The highest BCUT2D eigenvalue weighted by molar-refractivity contribution is 4.99. The van der Waals surface area contributed by atoms with E-state index in [1.54, 1.807) is 0 Å². The molecule has 2 heteroatoms. The molecule has 2 N–H and O–H groups in total. The van der Waals surface area contributed by atoms with Crippen molar-refractivity contribution in [2.75, 3.05) is 19.6 Å². The fourth-order valence-corrected chi connectivity index (χ4v) is 3.42. The minimum absolute atomic E-state index is 0.279. The monoisotopic (exact) mass is 212 g/mol. The average molecular weight is 212 g/mol. The zero-order valence-corrected chi connectivity index (χ0v) is 10.9. The minimum Gasteiger partial charge on any atom is -0.329 e. The molecule has 0 aromatic rings. The van der Waals surface area contributed by atoms with Gasteiger partial charge in [-0.2, -0.15) is 0 Å². The predicted molar refractivity (Wildman–Crippen MR) is 66.9 cm³/mol. The van der Waals surface area contributed by atoms with Crippen LogP contribution in [0.3, 0.4) is 0 Å². The Hall–Kier alpha value is -0.0800. The van der Waals surface area contributed by atoms with Gasteiger partial charge in [0, 0.05) is 12.1 Å². The molecule has 3 atom stereocenters. The van der Waals surface area contributed by atoms with Gasteiger partial charge in [0.15, 0.2) is 0 Å². The van der Waals surface area contributed by atoms with Crippen LogP contribution in [0.25, 0.3) is 0 Å². The third kappa shape index (κ3) is 2.36. The Balaban J connectivity index is 2.87. The summed E-state index contributed by atoms with van der Waals surface area (Å²) in [6, 6.07) is 0. The molecule has 3 unspecified atom stereocenters. The maximum atomic E-state index is 6.10. The maximum Gasteiger partial charge on any atom is 0.0359 e. The van der Waals surface area contributed by atoms with E-state index in [9.17, 15) is 0 Å². The molecule has 1 aliphatic rings. The van der Waals surface area contributed by atoms with Crippen LogP contribution in [0.15, 0.2) is 0 Å². The van der Waals surface area contributed by atoms with E-state index in [0.717, 1.165) is 31.5 Å². The van der Waals surface area contributed by atoms with E-state index in [-0.39, 0.29) is 5.54 Å². The summed E-state index contributed by atoms with van der Waals surface area (Å²) in [5, 5.41) is 0. The molecule has 1 fully saturated rings. The van der Waals surface area contributed by atoms with E-state index >= 15 is 0 Å². The van der Waals surface area contributed by atoms with Crippen LogP contribution in [0.1, 0.15) is 47.0 Å². The van der Waals surface area contributed by atoms with Crippen LogP contribution in [-0.2, 0) is 0 Å². The molecular formula is C13H28N2. The van der Waals surface area contributed by atoms with Gasteiger partial charge in [-0.05, 0) is 37.8 Å². The second-order valence-electron chi connectivity index (χ2n) is 5.27. The molecule has 90 valence electrons. The van der Waals surface area contributed by atoms with Crippen LogP contribution in [0.4, 0.5) is 0 Å². The summed E-state index contributed by atoms with van der Waals surface area (Å²) in [6.45, 7) is 12.4. The number of rotatable bonds is 4. The Morgan fingerprint density at radius 2 is 1.80 bits per heavy atom. The standard InChI is InChI=1S/C13H28N2/c1-5-15(6-2)13(10-14)9-11(3)7-8-12(13)4/h11-12H,5-10,14H2,1-4H3. The summed E-state index contributed by atoms with van der Waals surface area (Å²) in [5.74, 6) is 1.59. The first-order chi connectivity index (χ1) is 7.10. The predicted octanol–water partition coefficient (Wildman–Crippen LogP) is 2.48. The molecule has 0 radical (unpaired) electrons. The summed E-state index contributed by atoms with van der Waals surface area (Å²) < 4.78 is 0. The van der Waals surface area contributed by atoms with Gasteiger partial charge in [-0.15, -0.1) is 0 Å². The molecular weight excluding hydrogens is 184 g/mol. The maximum absolute atomic E-state index is 6.10. The summed E-state index contributed by atoms with van der Waals surface area (Å²) in [4.78, 5) is 2.59. The van der Waals surface area contributed by atoms with Crippen LogP contribution in [-0.4, -0.2) is 30.1 Å². The molecule has 1 rings (SSSR count). The number of likely N-dealkylation sites (N-methyl/N-ethyl adjacent to an activating group) is 1. The molecule has 0 aliphatic heterocycles. The average Bonchev–Trinajstić information content (AvgIpc) is 2.24. The minimum atomic E-state index is 0.279. The van der Waals surface area contributed by atoms with Gasteiger partial charge >= 0.3 is 0 Å². The second-order valence-corrected chi connectivity index (χ2v) is 5.27. The molecule has 0 saturated heterocycles. The van der Waals surface area contributed by atoms with Gasteiger partial charge < -0.3 is 5.73 Å². The van der Waals surface area contributed by atoms with Gasteiger partial charge in [0.2, 0.25) is 0 Å². The van der Waals surface area contributed by atoms with Crippen molar-refractivity contribution < 1.29 is 0 Å². The fourth-order valence-electron chi connectivity index (χ4n) is 3.42. The molecule has 0 heterocycles. The van der Waals surface area contributed by atoms with Gasteiger partial charge in [0.25, 0.3) is 0 Å². The number of hydrogen-bond donors (Lipinski definition) is 1. The smallest absolute Gasteiger partial charge is 0.0359 e. The van der Waals surface area contributed by atoms with Gasteiger partial charge in [-0.3, -0.25) is 4.90 Å². The van der Waals surface area contributed by atoms with E-state index in [0.29, 0.717) is 0 Å². The third-order valence-corrected chi connectivity index (χ3v) is 4.46. The quantitative estimate of drug-likeness (QED) is 0.776. The Kier molecular flexibility index (Phi) is 4.60. The van der Waals surface area contributed by atoms with Crippen LogP contribution in [0.5, 0.6) is 0 Å². The van der Waals surface area contributed by atoms with Crippen LogP contribution >= 0.6 is 0 Å². The SMILES string of the molecule is CCN(CC)C1(CN)CC(C)CCC1C. The normalized spacial score (nSPS) is 37.2. The van der Waals surface area contributed by atoms with Crippen molar-refractivity contribution in [1.82, 2.24) is 4.90 Å². The lowest BCUT2D eigenvalue weighted by molar-refractivity contribution is 0.00304. The lowest BCUT2D eigenvalue weighted by Gasteiger charge is -2.51. The van der Waals surface area contributed by atoms with E-state index in [1.807, 2.05) is 0 Å². The molecule has 1 aliphatic carbocycles. The van der Waals surface area contributed by atoms with E-state index < -0.39 is 0 Å². The van der Waals surface area contributed by atoms with Crippen molar-refractivity contribution >= 4 is 0 Å². The van der Waals surface area contributed by atoms with Gasteiger partial charge in [0.05, 0.1) is 0 Å². The molecule has 15 heavy (non-hydrogen) atoms. The van der Waals surface area contributed by atoms with E-state index in [1.165, 1.54) is 19.3 Å². The highest BCUT2D eigenvalue weighted by atomic mass is 15.2. The van der Waals surface area contributed by atoms with Gasteiger partial charge in [-0.1, -0.05) is 34.1 Å². The Morgan fingerprint density at radius 1 is 1.20 bits per heavy atom. The molecule has 0 spiro atoms. The summed E-state index contributed by atoms with van der Waals surface area (Å²) in [6.07, 6.45) is 4.01. The Morgan fingerprint density at radius 3 is 2.27 bits per heavy atom. The van der Waals surface area contributed by atoms with Crippen LogP contribution in [0, 0.1) is 11.8 Å². The third-order valence-electron chi connectivity index (χ3n) is 4.46.